The second-order valence-electron chi connectivity index (χ2n) is 6.74. The molecule has 1 atom stereocenters. The van der Waals surface area contributed by atoms with E-state index in [0.717, 1.165) is 18.8 Å². The van der Waals surface area contributed by atoms with E-state index in [1.807, 2.05) is 24.3 Å². The normalized spacial score (nSPS) is 26.5. The van der Waals surface area contributed by atoms with Gasteiger partial charge in [0, 0.05) is 32.7 Å². The third-order valence-corrected chi connectivity index (χ3v) is 5.93. The van der Waals surface area contributed by atoms with Crippen molar-refractivity contribution in [3.05, 3.63) is 29.8 Å². The van der Waals surface area contributed by atoms with E-state index < -0.39 is 15.6 Å². The lowest BCUT2D eigenvalue weighted by molar-refractivity contribution is -0.139. The van der Waals surface area contributed by atoms with Crippen molar-refractivity contribution in [2.75, 3.05) is 59.4 Å². The fraction of sp³-hybridized carbons (Fsp3) is 0.647. The van der Waals surface area contributed by atoms with E-state index >= 15 is 0 Å². The summed E-state index contributed by atoms with van der Waals surface area (Å²) in [5.74, 6) is 0.836. The molecule has 2 aliphatic heterocycles. The van der Waals surface area contributed by atoms with Gasteiger partial charge in [0.2, 0.25) is 10.0 Å². The maximum Gasteiger partial charge on any atom is 0.211 e. The fourth-order valence-electron chi connectivity index (χ4n) is 3.38. The Kier molecular flexibility index (Phi) is 5.65. The summed E-state index contributed by atoms with van der Waals surface area (Å²) in [5, 5.41) is 0. The van der Waals surface area contributed by atoms with Crippen LogP contribution in [-0.2, 0) is 26.0 Å². The standard InChI is InChI=1S/C17H26N2O5S/c1-22-16-5-3-15(4-6-16)11-18-7-10-24-17(12-18)13-19(25(2,20)21)8-9-23-14-17/h3-6H,7-14H2,1-2H3/t17-/m1/s1. The van der Waals surface area contributed by atoms with Crippen molar-refractivity contribution in [2.45, 2.75) is 12.1 Å². The van der Waals surface area contributed by atoms with Crippen molar-refractivity contribution < 1.29 is 22.6 Å². The molecule has 1 spiro atoms. The molecular weight excluding hydrogens is 344 g/mol. The third-order valence-electron chi connectivity index (χ3n) is 4.68. The fourth-order valence-corrected chi connectivity index (χ4v) is 4.26. The van der Waals surface area contributed by atoms with Gasteiger partial charge < -0.3 is 14.2 Å². The SMILES string of the molecule is COc1ccc(CN2CCO[C@]3(COCCN(S(C)(=O)=O)C3)C2)cc1. The van der Waals surface area contributed by atoms with Crippen LogP contribution >= 0.6 is 0 Å². The predicted molar refractivity (Wildman–Crippen MR) is 94.2 cm³/mol. The Morgan fingerprint density at radius 2 is 1.92 bits per heavy atom. The van der Waals surface area contributed by atoms with Crippen LogP contribution in [0.2, 0.25) is 0 Å². The minimum absolute atomic E-state index is 0.338. The number of hydrogen-bond acceptors (Lipinski definition) is 6. The molecule has 0 radical (unpaired) electrons. The van der Waals surface area contributed by atoms with Gasteiger partial charge in [-0.25, -0.2) is 8.42 Å². The first-order valence-electron chi connectivity index (χ1n) is 8.42. The van der Waals surface area contributed by atoms with Crippen LogP contribution in [-0.4, -0.2) is 82.6 Å². The van der Waals surface area contributed by atoms with E-state index in [1.165, 1.54) is 16.1 Å². The first kappa shape index (κ1) is 18.6. The van der Waals surface area contributed by atoms with E-state index in [9.17, 15) is 8.42 Å². The van der Waals surface area contributed by atoms with Gasteiger partial charge in [-0.1, -0.05) is 12.1 Å². The summed E-state index contributed by atoms with van der Waals surface area (Å²) in [7, 11) is -1.61. The number of morpholine rings is 1. The first-order chi connectivity index (χ1) is 11.9. The van der Waals surface area contributed by atoms with E-state index in [2.05, 4.69) is 4.90 Å². The first-order valence-corrected chi connectivity index (χ1v) is 10.3. The molecule has 25 heavy (non-hydrogen) atoms. The van der Waals surface area contributed by atoms with Crippen LogP contribution < -0.4 is 4.74 Å². The maximum absolute atomic E-state index is 12.0. The topological polar surface area (TPSA) is 68.3 Å². The van der Waals surface area contributed by atoms with Crippen LogP contribution in [0.4, 0.5) is 0 Å². The smallest absolute Gasteiger partial charge is 0.211 e. The second-order valence-corrected chi connectivity index (χ2v) is 8.72. The molecule has 2 aliphatic rings. The van der Waals surface area contributed by atoms with Crippen molar-refractivity contribution in [1.29, 1.82) is 0 Å². The third kappa shape index (κ3) is 4.71. The molecule has 140 valence electrons. The van der Waals surface area contributed by atoms with Gasteiger partial charge in [0.05, 0.1) is 33.2 Å². The quantitative estimate of drug-likeness (QED) is 0.771. The Labute approximate surface area is 149 Å². The van der Waals surface area contributed by atoms with E-state index in [-0.39, 0.29) is 0 Å². The summed E-state index contributed by atoms with van der Waals surface area (Å²) in [6, 6.07) is 8.00. The van der Waals surface area contributed by atoms with Crippen LogP contribution in [0.15, 0.2) is 24.3 Å². The summed E-state index contributed by atoms with van der Waals surface area (Å²) >= 11 is 0. The Bertz CT molecular complexity index is 679. The highest BCUT2D eigenvalue weighted by molar-refractivity contribution is 7.88. The van der Waals surface area contributed by atoms with Crippen molar-refractivity contribution in [3.63, 3.8) is 0 Å². The molecule has 0 aliphatic carbocycles. The molecule has 2 heterocycles. The van der Waals surface area contributed by atoms with Gasteiger partial charge in [-0.15, -0.1) is 0 Å². The molecule has 1 aromatic rings. The van der Waals surface area contributed by atoms with Crippen LogP contribution in [0.25, 0.3) is 0 Å². The zero-order chi connectivity index (χ0) is 17.9. The van der Waals surface area contributed by atoms with E-state index in [4.69, 9.17) is 14.2 Å². The molecule has 0 amide bonds. The van der Waals surface area contributed by atoms with Crippen molar-refractivity contribution in [2.24, 2.45) is 0 Å². The zero-order valence-electron chi connectivity index (χ0n) is 14.8. The number of benzene rings is 1. The molecule has 0 unspecified atom stereocenters. The predicted octanol–water partition coefficient (Wildman–Crippen LogP) is 0.558. The summed E-state index contributed by atoms with van der Waals surface area (Å²) in [5.41, 5.74) is 0.581. The van der Waals surface area contributed by atoms with Gasteiger partial charge >= 0.3 is 0 Å². The Morgan fingerprint density at radius 1 is 1.16 bits per heavy atom. The van der Waals surface area contributed by atoms with Crippen molar-refractivity contribution in [1.82, 2.24) is 9.21 Å². The minimum atomic E-state index is -3.27. The van der Waals surface area contributed by atoms with Gasteiger partial charge in [-0.05, 0) is 17.7 Å². The number of methoxy groups -OCH3 is 1. The lowest BCUT2D eigenvalue weighted by Gasteiger charge is -2.43. The molecule has 7 nitrogen and oxygen atoms in total. The average Bonchev–Trinajstić information content (AvgIpc) is 2.78. The molecule has 0 aromatic heterocycles. The largest absolute Gasteiger partial charge is 0.497 e. The molecule has 8 heteroatoms. The van der Waals surface area contributed by atoms with Crippen LogP contribution in [0.5, 0.6) is 5.75 Å². The van der Waals surface area contributed by atoms with Gasteiger partial charge in [-0.3, -0.25) is 4.90 Å². The van der Waals surface area contributed by atoms with E-state index in [1.54, 1.807) is 7.11 Å². The highest BCUT2D eigenvalue weighted by Gasteiger charge is 2.42. The zero-order valence-corrected chi connectivity index (χ0v) is 15.6. The highest BCUT2D eigenvalue weighted by atomic mass is 32.2. The molecule has 2 fully saturated rings. The lowest BCUT2D eigenvalue weighted by atomic mass is 10.0. The molecule has 3 rings (SSSR count). The van der Waals surface area contributed by atoms with E-state index in [0.29, 0.717) is 39.5 Å². The summed E-state index contributed by atoms with van der Waals surface area (Å²) in [6.45, 7) is 4.34. The van der Waals surface area contributed by atoms with Crippen LogP contribution in [0.3, 0.4) is 0 Å². The lowest BCUT2D eigenvalue weighted by Crippen LogP contribution is -2.58. The van der Waals surface area contributed by atoms with Crippen molar-refractivity contribution >= 4 is 10.0 Å². The molecule has 0 bridgehead atoms. The molecular formula is C17H26N2O5S. The molecule has 0 N–H and O–H groups in total. The molecule has 0 saturated carbocycles. The molecule has 1 aromatic carbocycles. The van der Waals surface area contributed by atoms with Crippen LogP contribution in [0.1, 0.15) is 5.56 Å². The van der Waals surface area contributed by atoms with Gasteiger partial charge in [0.25, 0.3) is 0 Å². The number of ether oxygens (including phenoxy) is 3. The number of hydrogen-bond donors (Lipinski definition) is 0. The summed E-state index contributed by atoms with van der Waals surface area (Å²) < 4.78 is 42.3. The highest BCUT2D eigenvalue weighted by Crippen LogP contribution is 2.25. The number of nitrogens with zero attached hydrogens (tertiary/aromatic N) is 2. The van der Waals surface area contributed by atoms with Gasteiger partial charge in [0.15, 0.2) is 0 Å². The van der Waals surface area contributed by atoms with Crippen LogP contribution in [0, 0.1) is 0 Å². The Morgan fingerprint density at radius 3 is 2.60 bits per heavy atom. The summed E-state index contributed by atoms with van der Waals surface area (Å²) in [6.07, 6.45) is 1.24. The number of rotatable bonds is 4. The van der Waals surface area contributed by atoms with Gasteiger partial charge in [-0.2, -0.15) is 4.31 Å². The maximum atomic E-state index is 12.0. The average molecular weight is 370 g/mol. The number of sulfonamides is 1. The molecule has 2 saturated heterocycles. The monoisotopic (exact) mass is 370 g/mol. The van der Waals surface area contributed by atoms with Crippen molar-refractivity contribution in [3.8, 4) is 5.75 Å². The minimum Gasteiger partial charge on any atom is -0.497 e. The Hall–Kier alpha value is -1.19. The summed E-state index contributed by atoms with van der Waals surface area (Å²) in [4.78, 5) is 2.29. The second kappa shape index (κ2) is 7.59. The Balaban J connectivity index is 1.70. The van der Waals surface area contributed by atoms with Gasteiger partial charge in [0.1, 0.15) is 11.4 Å².